The molecule has 3 heteroatoms. The minimum absolute atomic E-state index is 0.462. The Hall–Kier alpha value is 0.270. The van der Waals surface area contributed by atoms with Crippen molar-refractivity contribution >= 4 is 11.8 Å². The van der Waals surface area contributed by atoms with Crippen molar-refractivity contribution in [3.05, 3.63) is 0 Å². The van der Waals surface area contributed by atoms with Gasteiger partial charge < -0.3 is 0 Å². The van der Waals surface area contributed by atoms with E-state index in [2.05, 4.69) is 55.5 Å². The van der Waals surface area contributed by atoms with Gasteiger partial charge in [0.2, 0.25) is 0 Å². The molecular formula is C18H36N2S. The number of rotatable bonds is 6. The molecular weight excluding hydrogens is 276 g/mol. The zero-order chi connectivity index (χ0) is 15.5. The van der Waals surface area contributed by atoms with Crippen molar-refractivity contribution in [2.75, 3.05) is 32.4 Å². The molecule has 2 heterocycles. The molecule has 0 amide bonds. The maximum Gasteiger partial charge on any atom is 0.0279 e. The lowest BCUT2D eigenvalue weighted by Crippen LogP contribution is -2.62. The molecule has 0 aliphatic carbocycles. The summed E-state index contributed by atoms with van der Waals surface area (Å²) in [6, 6.07) is 1.59. The summed E-state index contributed by atoms with van der Waals surface area (Å²) in [6.45, 7) is 14.8. The van der Waals surface area contributed by atoms with Gasteiger partial charge in [0.25, 0.3) is 0 Å². The van der Waals surface area contributed by atoms with E-state index in [9.17, 15) is 0 Å². The van der Waals surface area contributed by atoms with Gasteiger partial charge in [-0.15, -0.1) is 0 Å². The van der Waals surface area contributed by atoms with Crippen LogP contribution in [0.3, 0.4) is 0 Å². The van der Waals surface area contributed by atoms with Crippen LogP contribution in [-0.4, -0.2) is 59.1 Å². The van der Waals surface area contributed by atoms with Crippen LogP contribution in [0.1, 0.15) is 59.8 Å². The summed E-state index contributed by atoms with van der Waals surface area (Å²) in [5, 5.41) is 0. The largest absolute Gasteiger partial charge is 0.298 e. The van der Waals surface area contributed by atoms with Crippen molar-refractivity contribution in [3.63, 3.8) is 0 Å². The topological polar surface area (TPSA) is 6.48 Å². The van der Waals surface area contributed by atoms with Gasteiger partial charge in [-0.2, -0.15) is 11.8 Å². The predicted molar refractivity (Wildman–Crippen MR) is 96.2 cm³/mol. The molecule has 0 aromatic rings. The Morgan fingerprint density at radius 1 is 1.14 bits per heavy atom. The monoisotopic (exact) mass is 312 g/mol. The fourth-order valence-electron chi connectivity index (χ4n) is 4.28. The van der Waals surface area contributed by atoms with Gasteiger partial charge in [0.1, 0.15) is 0 Å². The molecule has 0 aromatic carbocycles. The second kappa shape index (κ2) is 7.70. The van der Waals surface area contributed by atoms with E-state index in [0.29, 0.717) is 4.75 Å². The summed E-state index contributed by atoms with van der Waals surface area (Å²) in [4.78, 5) is 5.66. The van der Waals surface area contributed by atoms with Crippen molar-refractivity contribution < 1.29 is 0 Å². The van der Waals surface area contributed by atoms with Crippen LogP contribution < -0.4 is 0 Å². The molecule has 2 atom stereocenters. The molecule has 2 nitrogen and oxygen atoms in total. The lowest BCUT2D eigenvalue weighted by atomic mass is 9.90. The van der Waals surface area contributed by atoms with Gasteiger partial charge in [-0.25, -0.2) is 0 Å². The summed E-state index contributed by atoms with van der Waals surface area (Å²) in [5.41, 5.74) is 0. The number of fused-ring (bicyclic) bond motifs is 1. The van der Waals surface area contributed by atoms with Crippen LogP contribution in [0.5, 0.6) is 0 Å². The van der Waals surface area contributed by atoms with Crippen molar-refractivity contribution in [1.29, 1.82) is 0 Å². The van der Waals surface area contributed by atoms with Crippen molar-refractivity contribution in [2.45, 2.75) is 76.6 Å². The maximum absolute atomic E-state index is 2.86. The number of piperidine rings is 1. The van der Waals surface area contributed by atoms with E-state index in [0.717, 1.165) is 18.0 Å². The zero-order valence-electron chi connectivity index (χ0n) is 14.9. The fraction of sp³-hybridized carbons (Fsp3) is 1.00. The summed E-state index contributed by atoms with van der Waals surface area (Å²) < 4.78 is 0.462. The van der Waals surface area contributed by atoms with Crippen LogP contribution in [-0.2, 0) is 0 Å². The van der Waals surface area contributed by atoms with Gasteiger partial charge in [0.15, 0.2) is 0 Å². The molecule has 0 saturated carbocycles. The Kier molecular flexibility index (Phi) is 6.46. The minimum atomic E-state index is 0.462. The van der Waals surface area contributed by atoms with Crippen LogP contribution in [0.15, 0.2) is 0 Å². The van der Waals surface area contributed by atoms with Gasteiger partial charge in [0, 0.05) is 36.5 Å². The smallest absolute Gasteiger partial charge is 0.0279 e. The maximum atomic E-state index is 2.86. The highest BCUT2D eigenvalue weighted by molar-refractivity contribution is 8.00. The normalized spacial score (nSPS) is 28.9. The molecule has 2 unspecified atom stereocenters. The highest BCUT2D eigenvalue weighted by atomic mass is 32.2. The number of piperazine rings is 1. The first-order valence-corrected chi connectivity index (χ1v) is 10.3. The molecule has 0 radical (unpaired) electrons. The van der Waals surface area contributed by atoms with Crippen LogP contribution in [0.25, 0.3) is 0 Å². The standard InChI is InChI=1S/C18H36N2S/c1-6-18(7-2,21-5)14-20-12-16-10-8-9-11-19(16)13-17(20)15(3)4/h15-17H,6-14H2,1-5H3. The zero-order valence-corrected chi connectivity index (χ0v) is 15.7. The Bertz CT molecular complexity index is 306. The van der Waals surface area contributed by atoms with Crippen molar-refractivity contribution in [3.8, 4) is 0 Å². The van der Waals surface area contributed by atoms with E-state index < -0.39 is 0 Å². The van der Waals surface area contributed by atoms with Crippen molar-refractivity contribution in [2.24, 2.45) is 5.92 Å². The van der Waals surface area contributed by atoms with Gasteiger partial charge in [0.05, 0.1) is 0 Å². The minimum Gasteiger partial charge on any atom is -0.298 e. The highest BCUT2D eigenvalue weighted by Crippen LogP contribution is 2.35. The third kappa shape index (κ3) is 3.97. The van der Waals surface area contributed by atoms with E-state index in [1.165, 1.54) is 58.3 Å². The van der Waals surface area contributed by atoms with Gasteiger partial charge in [-0.1, -0.05) is 34.1 Å². The molecule has 0 spiro atoms. The van der Waals surface area contributed by atoms with E-state index in [1.54, 1.807) is 0 Å². The molecule has 0 bridgehead atoms. The SMILES string of the molecule is CCC(CC)(CN1CC2CCCCN2CC1C(C)C)SC. The molecule has 2 fully saturated rings. The molecule has 0 N–H and O–H groups in total. The molecule has 2 aliphatic rings. The first-order chi connectivity index (χ1) is 10.0. The first-order valence-electron chi connectivity index (χ1n) is 9.08. The van der Waals surface area contributed by atoms with E-state index in [1.807, 2.05) is 0 Å². The molecule has 2 aliphatic heterocycles. The third-order valence-corrected chi connectivity index (χ3v) is 7.64. The van der Waals surface area contributed by atoms with E-state index in [-0.39, 0.29) is 0 Å². The summed E-state index contributed by atoms with van der Waals surface area (Å²) in [7, 11) is 0. The Labute approximate surface area is 137 Å². The van der Waals surface area contributed by atoms with Gasteiger partial charge in [-0.05, 0) is 44.4 Å². The number of hydrogen-bond acceptors (Lipinski definition) is 3. The predicted octanol–water partition coefficient (Wildman–Crippen LogP) is 4.10. The summed E-state index contributed by atoms with van der Waals surface area (Å²) in [6.07, 6.45) is 9.18. The molecule has 21 heavy (non-hydrogen) atoms. The number of nitrogens with zero attached hydrogens (tertiary/aromatic N) is 2. The lowest BCUT2D eigenvalue weighted by molar-refractivity contribution is -0.0124. The average Bonchev–Trinajstić information content (AvgIpc) is 2.51. The molecule has 2 rings (SSSR count). The summed E-state index contributed by atoms with van der Waals surface area (Å²) in [5.74, 6) is 0.765. The molecule has 124 valence electrons. The fourth-order valence-corrected chi connectivity index (χ4v) is 5.15. The highest BCUT2D eigenvalue weighted by Gasteiger charge is 2.39. The lowest BCUT2D eigenvalue weighted by Gasteiger charge is -2.52. The quantitative estimate of drug-likeness (QED) is 0.729. The van der Waals surface area contributed by atoms with E-state index >= 15 is 0 Å². The second-order valence-corrected chi connectivity index (χ2v) is 8.75. The summed E-state index contributed by atoms with van der Waals surface area (Å²) >= 11 is 2.10. The molecule has 2 saturated heterocycles. The van der Waals surface area contributed by atoms with Crippen LogP contribution in [0.2, 0.25) is 0 Å². The van der Waals surface area contributed by atoms with Crippen molar-refractivity contribution in [1.82, 2.24) is 9.80 Å². The first kappa shape index (κ1) is 17.6. The van der Waals surface area contributed by atoms with Crippen LogP contribution in [0, 0.1) is 5.92 Å². The number of hydrogen-bond donors (Lipinski definition) is 0. The van der Waals surface area contributed by atoms with Crippen LogP contribution in [0.4, 0.5) is 0 Å². The van der Waals surface area contributed by atoms with Crippen LogP contribution >= 0.6 is 11.8 Å². The number of thioether (sulfide) groups is 1. The average molecular weight is 313 g/mol. The van der Waals surface area contributed by atoms with Gasteiger partial charge >= 0.3 is 0 Å². The third-order valence-electron chi connectivity index (χ3n) is 6.07. The van der Waals surface area contributed by atoms with E-state index in [4.69, 9.17) is 0 Å². The second-order valence-electron chi connectivity index (χ2n) is 7.48. The Morgan fingerprint density at radius 2 is 1.86 bits per heavy atom. The van der Waals surface area contributed by atoms with Gasteiger partial charge in [-0.3, -0.25) is 9.80 Å². The Morgan fingerprint density at radius 3 is 2.43 bits per heavy atom. The Balaban J connectivity index is 2.10. The molecule has 0 aromatic heterocycles.